The van der Waals surface area contributed by atoms with Crippen molar-refractivity contribution >= 4 is 17.2 Å². The van der Waals surface area contributed by atoms with Gasteiger partial charge in [-0.3, -0.25) is 4.79 Å². The quantitative estimate of drug-likeness (QED) is 0.904. The predicted octanol–water partition coefficient (Wildman–Crippen LogP) is 1.05. The Morgan fingerprint density at radius 2 is 2.16 bits per heavy atom. The lowest BCUT2D eigenvalue weighted by Crippen LogP contribution is -2.37. The van der Waals surface area contributed by atoms with Gasteiger partial charge in [0.2, 0.25) is 0 Å². The molecule has 0 aromatic carbocycles. The molecule has 0 saturated heterocycles. The van der Waals surface area contributed by atoms with Crippen molar-refractivity contribution in [1.29, 1.82) is 0 Å². The summed E-state index contributed by atoms with van der Waals surface area (Å²) < 4.78 is 0. The number of rotatable bonds is 4. The van der Waals surface area contributed by atoms with Gasteiger partial charge in [-0.05, 0) is 13.0 Å². The summed E-state index contributed by atoms with van der Waals surface area (Å²) in [6, 6.07) is 1.48. The second-order valence-electron chi connectivity index (χ2n) is 4.06. The van der Waals surface area contributed by atoms with E-state index in [1.165, 1.54) is 16.2 Å². The summed E-state index contributed by atoms with van der Waals surface area (Å²) in [5, 5.41) is 11.3. The van der Waals surface area contributed by atoms with Crippen molar-refractivity contribution in [3.05, 3.63) is 29.5 Å². The summed E-state index contributed by atoms with van der Waals surface area (Å²) in [5.74, 6) is 0.282. The summed E-state index contributed by atoms with van der Waals surface area (Å²) in [6.45, 7) is 1.69. The lowest BCUT2D eigenvalue weighted by Gasteiger charge is -2.21. The number of aliphatic hydroxyl groups is 1. The molecule has 0 fully saturated rings. The number of likely N-dealkylation sites (N-methyl/N-ethyl adjacent to an activating group) is 1. The lowest BCUT2D eigenvalue weighted by molar-refractivity contribution is 0.0677. The van der Waals surface area contributed by atoms with Crippen LogP contribution in [-0.2, 0) is 0 Å². The first-order valence-corrected chi connectivity index (χ1v) is 6.62. The van der Waals surface area contributed by atoms with Crippen LogP contribution in [0.1, 0.15) is 17.4 Å². The average Bonchev–Trinajstić information content (AvgIpc) is 2.95. The Bertz CT molecular complexity index is 558. The number of aromatic nitrogens is 3. The van der Waals surface area contributed by atoms with Gasteiger partial charge in [0.25, 0.3) is 5.91 Å². The predicted molar refractivity (Wildman–Crippen MR) is 71.8 cm³/mol. The largest absolute Gasteiger partial charge is 0.394 e. The summed E-state index contributed by atoms with van der Waals surface area (Å²) in [7, 11) is 1.64. The van der Waals surface area contributed by atoms with Crippen molar-refractivity contribution < 1.29 is 9.90 Å². The summed E-state index contributed by atoms with van der Waals surface area (Å²) >= 11 is 1.32. The molecular weight excluding hydrogens is 264 g/mol. The molecule has 7 heteroatoms. The summed E-state index contributed by atoms with van der Waals surface area (Å²) in [5.41, 5.74) is 0.343. The van der Waals surface area contributed by atoms with Crippen LogP contribution in [0.3, 0.4) is 0 Å². The van der Waals surface area contributed by atoms with Crippen LogP contribution < -0.4 is 0 Å². The van der Waals surface area contributed by atoms with E-state index in [9.17, 15) is 4.79 Å². The van der Waals surface area contributed by atoms with Crippen LogP contribution in [0.2, 0.25) is 0 Å². The molecule has 1 amide bonds. The SMILES string of the molecule is CC(CO)N(C)C(=O)c1csc(-c2ncccn2)n1. The molecule has 100 valence electrons. The van der Waals surface area contributed by atoms with Gasteiger partial charge >= 0.3 is 0 Å². The topological polar surface area (TPSA) is 79.2 Å². The molecule has 2 aromatic heterocycles. The zero-order chi connectivity index (χ0) is 13.8. The van der Waals surface area contributed by atoms with E-state index in [-0.39, 0.29) is 18.6 Å². The number of thiazole rings is 1. The highest BCUT2D eigenvalue weighted by atomic mass is 32.1. The summed E-state index contributed by atoms with van der Waals surface area (Å²) in [6.07, 6.45) is 3.26. The average molecular weight is 278 g/mol. The van der Waals surface area contributed by atoms with Gasteiger partial charge in [-0.25, -0.2) is 15.0 Å². The Morgan fingerprint density at radius 3 is 2.79 bits per heavy atom. The number of carbonyl (C=O) groups is 1. The highest BCUT2D eigenvalue weighted by Crippen LogP contribution is 2.20. The minimum absolute atomic E-state index is 0.0823. The van der Waals surface area contributed by atoms with E-state index < -0.39 is 0 Å². The molecule has 0 aliphatic heterocycles. The fraction of sp³-hybridized carbons (Fsp3) is 0.333. The molecule has 1 N–H and O–H groups in total. The number of amides is 1. The van der Waals surface area contributed by atoms with Crippen LogP contribution in [0, 0.1) is 0 Å². The van der Waals surface area contributed by atoms with Crippen molar-refractivity contribution in [3.63, 3.8) is 0 Å². The molecule has 0 aliphatic rings. The van der Waals surface area contributed by atoms with Crippen molar-refractivity contribution in [2.24, 2.45) is 0 Å². The highest BCUT2D eigenvalue weighted by Gasteiger charge is 2.20. The van der Waals surface area contributed by atoms with Crippen molar-refractivity contribution in [2.45, 2.75) is 13.0 Å². The standard InChI is InChI=1S/C12H14N4O2S/c1-8(6-17)16(2)12(18)9-7-19-11(15-9)10-13-4-3-5-14-10/h3-5,7-8,17H,6H2,1-2H3. The van der Waals surface area contributed by atoms with Gasteiger partial charge in [-0.15, -0.1) is 11.3 Å². The van der Waals surface area contributed by atoms with Crippen molar-refractivity contribution in [3.8, 4) is 10.8 Å². The Kier molecular flexibility index (Phi) is 4.18. The van der Waals surface area contributed by atoms with Crippen LogP contribution >= 0.6 is 11.3 Å². The number of nitrogens with zero attached hydrogens (tertiary/aromatic N) is 4. The first-order valence-electron chi connectivity index (χ1n) is 5.74. The molecule has 1 unspecified atom stereocenters. The monoisotopic (exact) mass is 278 g/mol. The molecule has 0 spiro atoms. The normalized spacial score (nSPS) is 12.2. The fourth-order valence-electron chi connectivity index (χ4n) is 1.39. The van der Waals surface area contributed by atoms with E-state index in [1.54, 1.807) is 37.8 Å². The van der Waals surface area contributed by atoms with Crippen molar-refractivity contribution in [1.82, 2.24) is 19.9 Å². The van der Waals surface area contributed by atoms with Crippen molar-refractivity contribution in [2.75, 3.05) is 13.7 Å². The fourth-order valence-corrected chi connectivity index (χ4v) is 2.13. The van der Waals surface area contributed by atoms with E-state index in [4.69, 9.17) is 5.11 Å². The van der Waals surface area contributed by atoms with Crippen LogP contribution in [-0.4, -0.2) is 50.6 Å². The summed E-state index contributed by atoms with van der Waals surface area (Å²) in [4.78, 5) is 26.0. The third kappa shape index (κ3) is 2.94. The number of aliphatic hydroxyl groups excluding tert-OH is 1. The second kappa shape index (κ2) is 5.85. The van der Waals surface area contributed by atoms with E-state index in [2.05, 4.69) is 15.0 Å². The number of carbonyl (C=O) groups excluding carboxylic acids is 1. The smallest absolute Gasteiger partial charge is 0.273 e. The zero-order valence-electron chi connectivity index (χ0n) is 10.6. The molecule has 6 nitrogen and oxygen atoms in total. The molecular formula is C12H14N4O2S. The lowest BCUT2D eigenvalue weighted by atomic mass is 10.3. The first-order chi connectivity index (χ1) is 9.13. The Labute approximate surface area is 114 Å². The van der Waals surface area contributed by atoms with Gasteiger partial charge in [0.05, 0.1) is 12.6 Å². The van der Waals surface area contributed by atoms with Gasteiger partial charge < -0.3 is 10.0 Å². The van der Waals surface area contributed by atoms with Gasteiger partial charge in [0.15, 0.2) is 10.8 Å². The third-order valence-electron chi connectivity index (χ3n) is 2.73. The van der Waals surface area contributed by atoms with Gasteiger partial charge in [-0.1, -0.05) is 0 Å². The molecule has 19 heavy (non-hydrogen) atoms. The van der Waals surface area contributed by atoms with E-state index in [0.717, 1.165) is 0 Å². The maximum atomic E-state index is 12.1. The molecule has 0 bridgehead atoms. The molecule has 1 atom stereocenters. The minimum atomic E-state index is -0.245. The Morgan fingerprint density at radius 1 is 1.47 bits per heavy atom. The zero-order valence-corrected chi connectivity index (χ0v) is 11.5. The molecule has 2 heterocycles. The van der Waals surface area contributed by atoms with Crippen LogP contribution in [0.5, 0.6) is 0 Å². The first kappa shape index (κ1) is 13.6. The van der Waals surface area contributed by atoms with E-state index in [0.29, 0.717) is 16.5 Å². The van der Waals surface area contributed by atoms with Gasteiger partial charge in [-0.2, -0.15) is 0 Å². The van der Waals surface area contributed by atoms with Crippen LogP contribution in [0.4, 0.5) is 0 Å². The van der Waals surface area contributed by atoms with E-state index in [1.807, 2.05) is 0 Å². The minimum Gasteiger partial charge on any atom is -0.394 e. The maximum Gasteiger partial charge on any atom is 0.273 e. The second-order valence-corrected chi connectivity index (χ2v) is 4.92. The van der Waals surface area contributed by atoms with Gasteiger partial charge in [0.1, 0.15) is 5.69 Å². The third-order valence-corrected chi connectivity index (χ3v) is 3.56. The highest BCUT2D eigenvalue weighted by molar-refractivity contribution is 7.13. The maximum absolute atomic E-state index is 12.1. The molecule has 0 aliphatic carbocycles. The number of hydrogen-bond donors (Lipinski definition) is 1. The number of hydrogen-bond acceptors (Lipinski definition) is 6. The van der Waals surface area contributed by atoms with Gasteiger partial charge in [0, 0.05) is 24.8 Å². The molecule has 2 aromatic rings. The molecule has 2 rings (SSSR count). The Balaban J connectivity index is 2.20. The van der Waals surface area contributed by atoms with E-state index >= 15 is 0 Å². The molecule has 0 saturated carbocycles. The van der Waals surface area contributed by atoms with Crippen LogP contribution in [0.25, 0.3) is 10.8 Å². The Hall–Kier alpha value is -1.86. The van der Waals surface area contributed by atoms with Crippen LogP contribution in [0.15, 0.2) is 23.8 Å². The molecule has 0 radical (unpaired) electrons.